The van der Waals surface area contributed by atoms with Crippen LogP contribution in [0.2, 0.25) is 10.0 Å². The number of hydrogen-bond donors (Lipinski definition) is 2. The Morgan fingerprint density at radius 1 is 1.08 bits per heavy atom. The van der Waals surface area contributed by atoms with Crippen molar-refractivity contribution in [1.82, 2.24) is 0 Å². The van der Waals surface area contributed by atoms with Crippen molar-refractivity contribution in [2.45, 2.75) is 4.90 Å². The number of carboxylic acid groups (broad SMARTS) is 1. The Labute approximate surface area is 148 Å². The van der Waals surface area contributed by atoms with Gasteiger partial charge < -0.3 is 14.9 Å². The smallest absolute Gasteiger partial charge is 0.339 e. The molecule has 2 aromatic carbocycles. The number of hydrogen-bond acceptors (Lipinski definition) is 5. The van der Waals surface area contributed by atoms with Crippen molar-refractivity contribution in [3.8, 4) is 11.5 Å². The Morgan fingerprint density at radius 3 is 2.25 bits per heavy atom. The summed E-state index contributed by atoms with van der Waals surface area (Å²) in [5.41, 5.74) is -0.274. The summed E-state index contributed by atoms with van der Waals surface area (Å²) >= 11 is 11.6. The van der Waals surface area contributed by atoms with Crippen LogP contribution < -0.4 is 4.74 Å². The molecule has 0 atom stereocenters. The predicted molar refractivity (Wildman–Crippen MR) is 89.1 cm³/mol. The highest BCUT2D eigenvalue weighted by molar-refractivity contribution is 7.91. The SMILES string of the molecule is O=C(O)c1ccc(OCCS(=O)(=O)c2cc(Cl)cc(Cl)c2)cc1O. The molecular weight excluding hydrogens is 379 g/mol. The minimum atomic E-state index is -3.66. The molecule has 2 N–H and O–H groups in total. The van der Waals surface area contributed by atoms with Crippen LogP contribution in [0.1, 0.15) is 10.4 Å². The molecule has 0 bridgehead atoms. The molecule has 2 rings (SSSR count). The molecule has 24 heavy (non-hydrogen) atoms. The lowest BCUT2D eigenvalue weighted by atomic mass is 10.2. The molecule has 0 aliphatic heterocycles. The number of aromatic carboxylic acids is 1. The van der Waals surface area contributed by atoms with Gasteiger partial charge in [-0.25, -0.2) is 13.2 Å². The molecule has 2 aromatic rings. The molecule has 128 valence electrons. The van der Waals surface area contributed by atoms with Gasteiger partial charge in [0, 0.05) is 16.1 Å². The molecule has 0 unspecified atom stereocenters. The highest BCUT2D eigenvalue weighted by Gasteiger charge is 2.17. The van der Waals surface area contributed by atoms with Gasteiger partial charge in [0.15, 0.2) is 9.84 Å². The number of halogens is 2. The zero-order valence-corrected chi connectivity index (χ0v) is 14.4. The molecule has 0 aliphatic rings. The maximum absolute atomic E-state index is 12.2. The third kappa shape index (κ3) is 4.53. The van der Waals surface area contributed by atoms with E-state index in [9.17, 15) is 18.3 Å². The summed E-state index contributed by atoms with van der Waals surface area (Å²) in [6.07, 6.45) is 0. The van der Waals surface area contributed by atoms with Crippen LogP contribution in [-0.2, 0) is 9.84 Å². The minimum absolute atomic E-state index is 0.0207. The summed E-state index contributed by atoms with van der Waals surface area (Å²) < 4.78 is 29.7. The molecule has 0 radical (unpaired) electrons. The first-order valence-corrected chi connectivity index (χ1v) is 8.98. The Kier molecular flexibility index (Phi) is 5.58. The van der Waals surface area contributed by atoms with E-state index < -0.39 is 21.6 Å². The van der Waals surface area contributed by atoms with Crippen molar-refractivity contribution in [1.29, 1.82) is 0 Å². The summed E-state index contributed by atoms with van der Waals surface area (Å²) in [7, 11) is -3.66. The summed E-state index contributed by atoms with van der Waals surface area (Å²) in [6.45, 7) is -0.196. The summed E-state index contributed by atoms with van der Waals surface area (Å²) in [5.74, 6) is -1.94. The molecule has 0 fully saturated rings. The summed E-state index contributed by atoms with van der Waals surface area (Å²) in [5, 5.41) is 18.8. The second kappa shape index (κ2) is 7.29. The first kappa shape index (κ1) is 18.4. The van der Waals surface area contributed by atoms with Crippen molar-refractivity contribution in [3.05, 3.63) is 52.0 Å². The second-order valence-electron chi connectivity index (χ2n) is 4.76. The Bertz CT molecular complexity index is 859. The third-order valence-corrected chi connectivity index (χ3v) is 5.11. The number of benzene rings is 2. The second-order valence-corrected chi connectivity index (χ2v) is 7.74. The van der Waals surface area contributed by atoms with Crippen molar-refractivity contribution in [3.63, 3.8) is 0 Å². The van der Waals surface area contributed by atoms with E-state index in [-0.39, 0.29) is 38.6 Å². The van der Waals surface area contributed by atoms with Crippen LogP contribution in [-0.4, -0.2) is 37.0 Å². The zero-order valence-electron chi connectivity index (χ0n) is 12.1. The average Bonchev–Trinajstić information content (AvgIpc) is 2.45. The highest BCUT2D eigenvalue weighted by Crippen LogP contribution is 2.25. The summed E-state index contributed by atoms with van der Waals surface area (Å²) in [4.78, 5) is 10.8. The van der Waals surface area contributed by atoms with Crippen molar-refractivity contribution < 1.29 is 28.2 Å². The number of phenols is 1. The van der Waals surface area contributed by atoms with E-state index in [1.807, 2.05) is 0 Å². The molecule has 0 aromatic heterocycles. The normalized spacial score (nSPS) is 11.2. The number of rotatable bonds is 6. The molecule has 0 saturated heterocycles. The zero-order chi connectivity index (χ0) is 17.9. The molecule has 0 saturated carbocycles. The molecular formula is C15H12Cl2O6S. The van der Waals surface area contributed by atoms with E-state index in [0.29, 0.717) is 0 Å². The van der Waals surface area contributed by atoms with Gasteiger partial charge in [0.05, 0.1) is 10.6 Å². The van der Waals surface area contributed by atoms with Gasteiger partial charge in [-0.05, 0) is 30.3 Å². The van der Waals surface area contributed by atoms with Gasteiger partial charge >= 0.3 is 5.97 Å². The molecule has 6 nitrogen and oxygen atoms in total. The topological polar surface area (TPSA) is 101 Å². The van der Waals surface area contributed by atoms with Crippen molar-refractivity contribution in [2.75, 3.05) is 12.4 Å². The van der Waals surface area contributed by atoms with Crippen LogP contribution in [0.15, 0.2) is 41.3 Å². The minimum Gasteiger partial charge on any atom is -0.507 e. The van der Waals surface area contributed by atoms with Gasteiger partial charge in [0.25, 0.3) is 0 Å². The van der Waals surface area contributed by atoms with Crippen LogP contribution in [0.4, 0.5) is 0 Å². The highest BCUT2D eigenvalue weighted by atomic mass is 35.5. The maximum Gasteiger partial charge on any atom is 0.339 e. The average molecular weight is 391 g/mol. The summed E-state index contributed by atoms with van der Waals surface area (Å²) in [6, 6.07) is 7.59. The number of ether oxygens (including phenoxy) is 1. The largest absolute Gasteiger partial charge is 0.507 e. The van der Waals surface area contributed by atoms with E-state index in [4.69, 9.17) is 33.0 Å². The van der Waals surface area contributed by atoms with Crippen molar-refractivity contribution >= 4 is 39.0 Å². The van der Waals surface area contributed by atoms with E-state index in [1.54, 1.807) is 0 Å². The molecule has 0 spiro atoms. The van der Waals surface area contributed by atoms with Gasteiger partial charge in [-0.15, -0.1) is 0 Å². The third-order valence-electron chi connectivity index (χ3n) is 3.02. The van der Waals surface area contributed by atoms with E-state index in [2.05, 4.69) is 0 Å². The van der Waals surface area contributed by atoms with Gasteiger partial charge in [0.1, 0.15) is 23.7 Å². The van der Waals surface area contributed by atoms with Gasteiger partial charge in [0.2, 0.25) is 0 Å². The fourth-order valence-electron chi connectivity index (χ4n) is 1.88. The van der Waals surface area contributed by atoms with Crippen LogP contribution in [0, 0.1) is 0 Å². The molecule has 0 aliphatic carbocycles. The lowest BCUT2D eigenvalue weighted by Gasteiger charge is -2.09. The molecule has 0 heterocycles. The van der Waals surface area contributed by atoms with Crippen LogP contribution in [0.3, 0.4) is 0 Å². The monoisotopic (exact) mass is 390 g/mol. The van der Waals surface area contributed by atoms with Crippen LogP contribution in [0.5, 0.6) is 11.5 Å². The number of aromatic hydroxyl groups is 1. The van der Waals surface area contributed by atoms with Gasteiger partial charge in [-0.1, -0.05) is 23.2 Å². The van der Waals surface area contributed by atoms with E-state index >= 15 is 0 Å². The molecule has 0 amide bonds. The van der Waals surface area contributed by atoms with Crippen molar-refractivity contribution in [2.24, 2.45) is 0 Å². The number of sulfone groups is 1. The Balaban J connectivity index is 2.05. The standard InChI is InChI=1S/C15H12Cl2O6S/c16-9-5-10(17)7-12(6-9)24(21,22)4-3-23-11-1-2-13(15(19)20)14(18)8-11/h1-2,5-8,18H,3-4H2,(H,19,20). The lowest BCUT2D eigenvalue weighted by Crippen LogP contribution is -2.14. The predicted octanol–water partition coefficient (Wildman–Crippen LogP) is 3.25. The number of carboxylic acids is 1. The number of carbonyl (C=O) groups is 1. The lowest BCUT2D eigenvalue weighted by molar-refractivity contribution is 0.0693. The van der Waals surface area contributed by atoms with Crippen LogP contribution in [0.25, 0.3) is 0 Å². The first-order chi connectivity index (χ1) is 11.2. The van der Waals surface area contributed by atoms with Gasteiger partial charge in [-0.3, -0.25) is 0 Å². The maximum atomic E-state index is 12.2. The fraction of sp³-hybridized carbons (Fsp3) is 0.133. The Morgan fingerprint density at radius 2 is 1.71 bits per heavy atom. The van der Waals surface area contributed by atoms with Crippen LogP contribution >= 0.6 is 23.2 Å². The Hall–Kier alpha value is -1.96. The van der Waals surface area contributed by atoms with Gasteiger partial charge in [-0.2, -0.15) is 0 Å². The quantitative estimate of drug-likeness (QED) is 0.784. The van der Waals surface area contributed by atoms with E-state index in [1.165, 1.54) is 24.3 Å². The molecule has 9 heteroatoms. The fourth-order valence-corrected chi connectivity index (χ4v) is 3.68. The van der Waals surface area contributed by atoms with E-state index in [0.717, 1.165) is 12.1 Å². The first-order valence-electron chi connectivity index (χ1n) is 6.57.